The van der Waals surface area contributed by atoms with Crippen LogP contribution in [0.5, 0.6) is 0 Å². The fraction of sp³-hybridized carbons (Fsp3) is 0.231. The highest BCUT2D eigenvalue weighted by Gasteiger charge is 2.22. The monoisotopic (exact) mass is 276 g/mol. The number of rotatable bonds is 3. The number of H-pyrrole nitrogens is 1. The highest BCUT2D eigenvalue weighted by Crippen LogP contribution is 2.14. The van der Waals surface area contributed by atoms with Gasteiger partial charge in [0.15, 0.2) is 11.8 Å². The zero-order valence-corrected chi connectivity index (χ0v) is 10.9. The van der Waals surface area contributed by atoms with E-state index in [1.807, 2.05) is 0 Å². The van der Waals surface area contributed by atoms with Gasteiger partial charge in [0.05, 0.1) is 12.5 Å². The first-order valence-corrected chi connectivity index (χ1v) is 5.81. The number of methoxy groups -OCH3 is 1. The van der Waals surface area contributed by atoms with Gasteiger partial charge in [0.25, 0.3) is 5.56 Å². The zero-order chi connectivity index (χ0) is 14.7. The summed E-state index contributed by atoms with van der Waals surface area (Å²) >= 11 is 0. The maximum absolute atomic E-state index is 12.0. The third-order valence-corrected chi connectivity index (χ3v) is 2.71. The number of carbonyl (C=O) groups excluding carboxylic acids is 2. The lowest BCUT2D eigenvalue weighted by molar-refractivity contribution is -0.149. The van der Waals surface area contributed by atoms with Crippen LogP contribution in [0.15, 0.2) is 29.1 Å². The Bertz CT molecular complexity index is 722. The molecule has 0 aliphatic carbocycles. The van der Waals surface area contributed by atoms with Crippen LogP contribution in [0.25, 0.3) is 10.8 Å². The second-order valence-corrected chi connectivity index (χ2v) is 4.02. The molecule has 0 aliphatic rings. The first kappa shape index (κ1) is 13.7. The fourth-order valence-corrected chi connectivity index (χ4v) is 1.70. The molecule has 0 saturated carbocycles. The Balaban J connectivity index is 2.39. The molecule has 0 aliphatic heterocycles. The van der Waals surface area contributed by atoms with E-state index >= 15 is 0 Å². The summed E-state index contributed by atoms with van der Waals surface area (Å²) in [5.41, 5.74) is -0.464. The quantitative estimate of drug-likeness (QED) is 0.826. The van der Waals surface area contributed by atoms with Crippen LogP contribution in [0.1, 0.15) is 17.4 Å². The lowest BCUT2D eigenvalue weighted by atomic mass is 10.1. The number of aromatic amines is 1. The predicted octanol–water partition coefficient (Wildman–Crippen LogP) is 0.641. The Morgan fingerprint density at radius 3 is 2.55 bits per heavy atom. The normalized spacial score (nSPS) is 11.9. The predicted molar refractivity (Wildman–Crippen MR) is 69.3 cm³/mol. The van der Waals surface area contributed by atoms with Gasteiger partial charge in [-0.2, -0.15) is 5.10 Å². The molecule has 1 heterocycles. The summed E-state index contributed by atoms with van der Waals surface area (Å²) in [6.07, 6.45) is -1.06. The van der Waals surface area contributed by atoms with Crippen LogP contribution in [-0.2, 0) is 14.3 Å². The van der Waals surface area contributed by atoms with Crippen LogP contribution in [0, 0.1) is 0 Å². The fourth-order valence-electron chi connectivity index (χ4n) is 1.70. The highest BCUT2D eigenvalue weighted by atomic mass is 16.6. The van der Waals surface area contributed by atoms with Crippen LogP contribution in [0.3, 0.4) is 0 Å². The average Bonchev–Trinajstić information content (AvgIpc) is 2.46. The Hall–Kier alpha value is -2.70. The summed E-state index contributed by atoms with van der Waals surface area (Å²) in [5.74, 6) is -1.48. The first-order valence-electron chi connectivity index (χ1n) is 5.81. The number of hydrogen-bond donors (Lipinski definition) is 1. The zero-order valence-electron chi connectivity index (χ0n) is 10.9. The number of fused-ring (bicyclic) bond motifs is 1. The molecule has 1 aromatic heterocycles. The van der Waals surface area contributed by atoms with Gasteiger partial charge in [-0.1, -0.05) is 18.2 Å². The number of aromatic nitrogens is 2. The number of carbonyl (C=O) groups is 2. The Morgan fingerprint density at radius 1 is 1.25 bits per heavy atom. The maximum Gasteiger partial charge on any atom is 0.360 e. The van der Waals surface area contributed by atoms with E-state index in [1.165, 1.54) is 14.0 Å². The minimum absolute atomic E-state index is 0.0593. The number of ether oxygens (including phenoxy) is 2. The van der Waals surface area contributed by atoms with Gasteiger partial charge in [-0.15, -0.1) is 0 Å². The summed E-state index contributed by atoms with van der Waals surface area (Å²) in [4.78, 5) is 34.8. The molecule has 7 heteroatoms. The third-order valence-electron chi connectivity index (χ3n) is 2.71. The molecule has 2 rings (SSSR count). The van der Waals surface area contributed by atoms with Gasteiger partial charge < -0.3 is 9.47 Å². The van der Waals surface area contributed by atoms with Crippen molar-refractivity contribution in [3.63, 3.8) is 0 Å². The van der Waals surface area contributed by atoms with Crippen LogP contribution in [0.2, 0.25) is 0 Å². The van der Waals surface area contributed by atoms with Crippen LogP contribution >= 0.6 is 0 Å². The number of nitrogens with one attached hydrogen (secondary N) is 1. The van der Waals surface area contributed by atoms with E-state index in [9.17, 15) is 14.4 Å². The summed E-state index contributed by atoms with van der Waals surface area (Å²) in [5, 5.41) is 6.58. The van der Waals surface area contributed by atoms with E-state index in [0.29, 0.717) is 10.8 Å². The number of esters is 2. The Labute approximate surface area is 113 Å². The van der Waals surface area contributed by atoms with E-state index in [4.69, 9.17) is 4.74 Å². The van der Waals surface area contributed by atoms with Gasteiger partial charge in [-0.25, -0.2) is 14.7 Å². The van der Waals surface area contributed by atoms with Gasteiger partial charge in [0, 0.05) is 5.39 Å². The minimum Gasteiger partial charge on any atom is -0.466 e. The van der Waals surface area contributed by atoms with E-state index in [-0.39, 0.29) is 5.69 Å². The molecule has 0 radical (unpaired) electrons. The second kappa shape index (κ2) is 5.52. The van der Waals surface area contributed by atoms with Crippen molar-refractivity contribution in [1.29, 1.82) is 0 Å². The maximum atomic E-state index is 12.0. The summed E-state index contributed by atoms with van der Waals surface area (Å²) in [7, 11) is 1.19. The van der Waals surface area contributed by atoms with Crippen molar-refractivity contribution in [2.45, 2.75) is 13.0 Å². The van der Waals surface area contributed by atoms with Crippen LogP contribution in [-0.4, -0.2) is 35.3 Å². The highest BCUT2D eigenvalue weighted by molar-refractivity contribution is 6.02. The third kappa shape index (κ3) is 2.51. The minimum atomic E-state index is -1.06. The van der Waals surface area contributed by atoms with Gasteiger partial charge in [-0.3, -0.25) is 4.79 Å². The number of benzene rings is 1. The molecule has 1 unspecified atom stereocenters. The van der Waals surface area contributed by atoms with Crippen LogP contribution in [0.4, 0.5) is 0 Å². The van der Waals surface area contributed by atoms with Crippen molar-refractivity contribution < 1.29 is 19.1 Å². The molecule has 2 aromatic rings. The molecule has 1 atom stereocenters. The van der Waals surface area contributed by atoms with Crippen LogP contribution < -0.4 is 5.56 Å². The molecular weight excluding hydrogens is 264 g/mol. The van der Waals surface area contributed by atoms with Gasteiger partial charge in [0.1, 0.15) is 0 Å². The molecule has 0 amide bonds. The molecule has 7 nitrogen and oxygen atoms in total. The molecule has 20 heavy (non-hydrogen) atoms. The Kier molecular flexibility index (Phi) is 3.79. The van der Waals surface area contributed by atoms with Crippen molar-refractivity contribution in [1.82, 2.24) is 10.2 Å². The van der Waals surface area contributed by atoms with Crippen molar-refractivity contribution in [3.8, 4) is 0 Å². The smallest absolute Gasteiger partial charge is 0.360 e. The molecular formula is C13H12N2O5. The molecule has 0 spiro atoms. The second-order valence-electron chi connectivity index (χ2n) is 4.02. The largest absolute Gasteiger partial charge is 0.466 e. The van der Waals surface area contributed by atoms with E-state index in [1.54, 1.807) is 24.3 Å². The lowest BCUT2D eigenvalue weighted by Crippen LogP contribution is -2.26. The van der Waals surface area contributed by atoms with Crippen molar-refractivity contribution in [2.75, 3.05) is 7.11 Å². The SMILES string of the molecule is COC(=O)C(C)OC(=O)c1n[nH]c(=O)c2ccccc12. The van der Waals surface area contributed by atoms with Gasteiger partial charge >= 0.3 is 11.9 Å². The number of hydrogen-bond acceptors (Lipinski definition) is 6. The van der Waals surface area contributed by atoms with E-state index in [0.717, 1.165) is 0 Å². The summed E-state index contributed by atoms with van der Waals surface area (Å²) in [6.45, 7) is 1.39. The molecule has 0 fully saturated rings. The van der Waals surface area contributed by atoms with Gasteiger partial charge in [0.2, 0.25) is 0 Å². The summed E-state index contributed by atoms with van der Waals surface area (Å²) in [6, 6.07) is 6.49. The first-order chi connectivity index (χ1) is 9.54. The van der Waals surface area contributed by atoms with Crippen molar-refractivity contribution in [2.24, 2.45) is 0 Å². The van der Waals surface area contributed by atoms with E-state index in [2.05, 4.69) is 14.9 Å². The lowest BCUT2D eigenvalue weighted by Gasteiger charge is -2.11. The van der Waals surface area contributed by atoms with E-state index < -0.39 is 23.6 Å². The standard InChI is InChI=1S/C13H12N2O5/c1-7(12(17)19-2)20-13(18)10-8-5-3-4-6-9(8)11(16)15-14-10/h3-7H,1-2H3,(H,15,16). The molecule has 1 N–H and O–H groups in total. The Morgan fingerprint density at radius 2 is 1.90 bits per heavy atom. The molecule has 104 valence electrons. The topological polar surface area (TPSA) is 98.3 Å². The molecule has 0 saturated heterocycles. The number of nitrogens with zero attached hydrogens (tertiary/aromatic N) is 1. The van der Waals surface area contributed by atoms with Gasteiger partial charge in [-0.05, 0) is 13.0 Å². The van der Waals surface area contributed by atoms with Crippen molar-refractivity contribution in [3.05, 3.63) is 40.3 Å². The van der Waals surface area contributed by atoms with Crippen molar-refractivity contribution >= 4 is 22.7 Å². The summed E-state index contributed by atoms with van der Waals surface area (Å²) < 4.78 is 9.40. The molecule has 1 aromatic carbocycles. The average molecular weight is 276 g/mol. The molecule has 0 bridgehead atoms.